The second-order valence-electron chi connectivity index (χ2n) is 7.04. The van der Waals surface area contributed by atoms with Gasteiger partial charge in [-0.3, -0.25) is 14.2 Å². The smallest absolute Gasteiger partial charge is 0.262 e. The number of fused-ring (bicyclic) bond motifs is 1. The zero-order valence-electron chi connectivity index (χ0n) is 18.2. The highest BCUT2D eigenvalue weighted by Crippen LogP contribution is 2.30. The van der Waals surface area contributed by atoms with Crippen LogP contribution in [0.15, 0.2) is 52.4 Å². The molecule has 2 aromatic carbocycles. The number of methoxy groups -OCH3 is 2. The fourth-order valence-electron chi connectivity index (χ4n) is 3.11. The van der Waals surface area contributed by atoms with Gasteiger partial charge in [0, 0.05) is 12.6 Å². The first-order valence-electron chi connectivity index (χ1n) is 10.2. The largest absolute Gasteiger partial charge is 0.497 e. The number of rotatable bonds is 9. The molecular formula is C23H27N3O4S. The lowest BCUT2D eigenvalue weighted by Gasteiger charge is -2.17. The van der Waals surface area contributed by atoms with Crippen LogP contribution in [0.5, 0.6) is 11.5 Å². The van der Waals surface area contributed by atoms with Gasteiger partial charge >= 0.3 is 0 Å². The second kappa shape index (κ2) is 10.3. The Morgan fingerprint density at radius 3 is 2.68 bits per heavy atom. The van der Waals surface area contributed by atoms with Crippen LogP contribution >= 0.6 is 11.8 Å². The van der Waals surface area contributed by atoms with Crippen molar-refractivity contribution in [3.05, 3.63) is 52.8 Å². The highest BCUT2D eigenvalue weighted by atomic mass is 32.2. The predicted molar refractivity (Wildman–Crippen MR) is 124 cm³/mol. The van der Waals surface area contributed by atoms with Crippen molar-refractivity contribution >= 4 is 34.3 Å². The van der Waals surface area contributed by atoms with E-state index in [4.69, 9.17) is 9.47 Å². The van der Waals surface area contributed by atoms with Crippen LogP contribution in [0.3, 0.4) is 0 Å². The highest BCUT2D eigenvalue weighted by molar-refractivity contribution is 8.00. The van der Waals surface area contributed by atoms with E-state index in [2.05, 4.69) is 17.2 Å². The summed E-state index contributed by atoms with van der Waals surface area (Å²) in [5, 5.41) is 3.53. The number of carbonyl (C=O) groups excluding carboxylic acids is 1. The summed E-state index contributed by atoms with van der Waals surface area (Å²) in [6, 6.07) is 12.5. The number of unbranched alkanes of at least 4 members (excludes halogenated alkanes) is 1. The number of anilines is 1. The van der Waals surface area contributed by atoms with Crippen molar-refractivity contribution in [2.75, 3.05) is 19.5 Å². The molecule has 8 heteroatoms. The third-order valence-electron chi connectivity index (χ3n) is 4.88. The summed E-state index contributed by atoms with van der Waals surface area (Å²) in [6.07, 6.45) is 1.81. The van der Waals surface area contributed by atoms with Gasteiger partial charge < -0.3 is 14.8 Å². The molecule has 7 nitrogen and oxygen atoms in total. The average Bonchev–Trinajstić information content (AvgIpc) is 2.78. The number of amides is 1. The van der Waals surface area contributed by atoms with E-state index in [0.717, 1.165) is 12.8 Å². The van der Waals surface area contributed by atoms with E-state index in [1.807, 2.05) is 18.2 Å². The normalized spacial score (nSPS) is 11.9. The first kappa shape index (κ1) is 22.7. The maximum Gasteiger partial charge on any atom is 0.262 e. The van der Waals surface area contributed by atoms with E-state index >= 15 is 0 Å². The maximum absolute atomic E-state index is 13.0. The molecule has 1 aromatic heterocycles. The first-order valence-corrected chi connectivity index (χ1v) is 11.1. The van der Waals surface area contributed by atoms with Crippen LogP contribution in [-0.4, -0.2) is 34.9 Å². The van der Waals surface area contributed by atoms with Crippen LogP contribution in [0.25, 0.3) is 10.9 Å². The minimum atomic E-state index is -0.489. The van der Waals surface area contributed by atoms with Gasteiger partial charge in [-0.2, -0.15) is 0 Å². The Morgan fingerprint density at radius 1 is 1.19 bits per heavy atom. The van der Waals surface area contributed by atoms with E-state index in [1.54, 1.807) is 50.0 Å². The Morgan fingerprint density at radius 2 is 1.97 bits per heavy atom. The molecule has 31 heavy (non-hydrogen) atoms. The maximum atomic E-state index is 13.0. The number of nitrogens with zero attached hydrogens (tertiary/aromatic N) is 2. The Labute approximate surface area is 185 Å². The molecule has 0 aliphatic rings. The summed E-state index contributed by atoms with van der Waals surface area (Å²) in [5.41, 5.74) is 1.07. The first-order chi connectivity index (χ1) is 15.0. The summed E-state index contributed by atoms with van der Waals surface area (Å²) >= 11 is 1.27. The summed E-state index contributed by atoms with van der Waals surface area (Å²) in [4.78, 5) is 30.6. The molecule has 0 bridgehead atoms. The zero-order chi connectivity index (χ0) is 22.4. The molecule has 1 amide bonds. The number of carbonyl (C=O) groups is 1. The van der Waals surface area contributed by atoms with Crippen LogP contribution in [-0.2, 0) is 11.3 Å². The van der Waals surface area contributed by atoms with Gasteiger partial charge in [-0.1, -0.05) is 37.2 Å². The van der Waals surface area contributed by atoms with Crippen LogP contribution < -0.4 is 20.3 Å². The number of para-hydroxylation sites is 1. The quantitative estimate of drug-likeness (QED) is 0.393. The molecule has 1 N–H and O–H groups in total. The third-order valence-corrected chi connectivity index (χ3v) is 5.97. The number of hydrogen-bond acceptors (Lipinski definition) is 6. The Kier molecular flexibility index (Phi) is 7.57. The molecule has 0 aliphatic carbocycles. The molecule has 164 valence electrons. The lowest BCUT2D eigenvalue weighted by Crippen LogP contribution is -2.27. The highest BCUT2D eigenvalue weighted by Gasteiger charge is 2.20. The molecule has 0 spiro atoms. The SMILES string of the molecule is CCCCn1c(SC(C)C(=O)Nc2cc(OC)ccc2OC)nc2ccccc2c1=O. The van der Waals surface area contributed by atoms with E-state index in [9.17, 15) is 9.59 Å². The molecule has 1 atom stereocenters. The lowest BCUT2D eigenvalue weighted by atomic mass is 10.2. The summed E-state index contributed by atoms with van der Waals surface area (Å²) in [5.74, 6) is 0.928. The van der Waals surface area contributed by atoms with Crippen molar-refractivity contribution in [2.45, 2.75) is 43.6 Å². The zero-order valence-corrected chi connectivity index (χ0v) is 19.0. The van der Waals surface area contributed by atoms with Crippen molar-refractivity contribution in [1.82, 2.24) is 9.55 Å². The molecule has 3 aromatic rings. The molecule has 0 aliphatic heterocycles. The van der Waals surface area contributed by atoms with E-state index in [0.29, 0.717) is 39.8 Å². The van der Waals surface area contributed by atoms with Gasteiger partial charge in [0.15, 0.2) is 5.16 Å². The predicted octanol–water partition coefficient (Wildman–Crippen LogP) is 4.33. The molecule has 1 unspecified atom stereocenters. The fourth-order valence-corrected chi connectivity index (χ4v) is 4.04. The molecule has 0 radical (unpaired) electrons. The van der Waals surface area contributed by atoms with Gasteiger partial charge in [0.2, 0.25) is 5.91 Å². The lowest BCUT2D eigenvalue weighted by molar-refractivity contribution is -0.115. The van der Waals surface area contributed by atoms with Crippen molar-refractivity contribution in [1.29, 1.82) is 0 Å². The molecule has 0 saturated heterocycles. The van der Waals surface area contributed by atoms with E-state index in [-0.39, 0.29) is 11.5 Å². The van der Waals surface area contributed by atoms with E-state index < -0.39 is 5.25 Å². The van der Waals surface area contributed by atoms with Crippen molar-refractivity contribution in [2.24, 2.45) is 0 Å². The summed E-state index contributed by atoms with van der Waals surface area (Å²) in [6.45, 7) is 4.43. The molecule has 1 heterocycles. The molecule has 0 fully saturated rings. The minimum Gasteiger partial charge on any atom is -0.497 e. The van der Waals surface area contributed by atoms with Crippen LogP contribution in [0.1, 0.15) is 26.7 Å². The third kappa shape index (κ3) is 5.19. The monoisotopic (exact) mass is 441 g/mol. The number of ether oxygens (including phenoxy) is 2. The number of benzene rings is 2. The van der Waals surface area contributed by atoms with Gasteiger partial charge in [0.05, 0.1) is 36.1 Å². The topological polar surface area (TPSA) is 82.5 Å². The number of hydrogen-bond donors (Lipinski definition) is 1. The average molecular weight is 442 g/mol. The Hall–Kier alpha value is -3.00. The molecule has 0 saturated carbocycles. The van der Waals surface area contributed by atoms with E-state index in [1.165, 1.54) is 11.8 Å². The van der Waals surface area contributed by atoms with Gasteiger partial charge in [-0.15, -0.1) is 0 Å². The van der Waals surface area contributed by atoms with Crippen molar-refractivity contribution < 1.29 is 14.3 Å². The van der Waals surface area contributed by atoms with Crippen molar-refractivity contribution in [3.8, 4) is 11.5 Å². The van der Waals surface area contributed by atoms with Gasteiger partial charge in [0.1, 0.15) is 11.5 Å². The molecular weight excluding hydrogens is 414 g/mol. The Balaban J connectivity index is 1.88. The van der Waals surface area contributed by atoms with Gasteiger partial charge in [-0.05, 0) is 37.6 Å². The van der Waals surface area contributed by atoms with Gasteiger partial charge in [-0.25, -0.2) is 4.98 Å². The van der Waals surface area contributed by atoms with Crippen molar-refractivity contribution in [3.63, 3.8) is 0 Å². The molecule has 3 rings (SSSR count). The van der Waals surface area contributed by atoms with Crippen LogP contribution in [0.2, 0.25) is 0 Å². The fraction of sp³-hybridized carbons (Fsp3) is 0.348. The number of aromatic nitrogens is 2. The van der Waals surface area contributed by atoms with Crippen LogP contribution in [0, 0.1) is 0 Å². The second-order valence-corrected chi connectivity index (χ2v) is 8.35. The number of thioether (sulfide) groups is 1. The standard InChI is InChI=1S/C23H27N3O4S/c1-5-6-13-26-22(28)17-9-7-8-10-18(17)25-23(26)31-15(2)21(27)24-19-14-16(29-3)11-12-20(19)30-4/h7-12,14-15H,5-6,13H2,1-4H3,(H,24,27). The number of nitrogens with one attached hydrogen (secondary N) is 1. The van der Waals surface area contributed by atoms with Gasteiger partial charge in [0.25, 0.3) is 5.56 Å². The Bertz CT molecular complexity index is 1130. The summed E-state index contributed by atoms with van der Waals surface area (Å²) in [7, 11) is 3.11. The minimum absolute atomic E-state index is 0.0800. The van der Waals surface area contributed by atoms with Crippen LogP contribution in [0.4, 0.5) is 5.69 Å². The summed E-state index contributed by atoms with van der Waals surface area (Å²) < 4.78 is 12.2.